The zero-order valence-corrected chi connectivity index (χ0v) is 19.0. The highest BCUT2D eigenvalue weighted by molar-refractivity contribution is 7.66. The van der Waals surface area contributed by atoms with E-state index in [1.807, 2.05) is 0 Å². The summed E-state index contributed by atoms with van der Waals surface area (Å²) in [7, 11) is -2.29. The normalized spacial score (nSPS) is 13.8. The van der Waals surface area contributed by atoms with Gasteiger partial charge in [-0.05, 0) is 30.7 Å². The first kappa shape index (κ1) is 24.8. The lowest BCUT2D eigenvalue weighted by molar-refractivity contribution is -0.142. The van der Waals surface area contributed by atoms with Crippen LogP contribution in [0.5, 0.6) is 0 Å². The Labute approximate surface area is 192 Å². The van der Waals surface area contributed by atoms with E-state index in [4.69, 9.17) is 10.8 Å². The number of carboxylic acid groups (broad SMARTS) is 2. The van der Waals surface area contributed by atoms with Crippen LogP contribution in [0.25, 0.3) is 11.2 Å². The molecule has 180 valence electrons. The lowest BCUT2D eigenvalue weighted by Crippen LogP contribution is -2.23. The summed E-state index contributed by atoms with van der Waals surface area (Å²) in [6, 6.07) is 6.03. The molecule has 0 bridgehead atoms. The van der Waals surface area contributed by atoms with E-state index in [9.17, 15) is 28.9 Å². The first-order valence-corrected chi connectivity index (χ1v) is 11.9. The number of H-pyrrole nitrogens is 1. The van der Waals surface area contributed by atoms with Gasteiger partial charge in [0.2, 0.25) is 13.3 Å². The van der Waals surface area contributed by atoms with Crippen LogP contribution in [0, 0.1) is 5.92 Å². The van der Waals surface area contributed by atoms with E-state index in [1.54, 1.807) is 24.1 Å². The van der Waals surface area contributed by atoms with Crippen LogP contribution in [0.15, 0.2) is 35.3 Å². The number of nitrogen functional groups attached to an aromatic ring is 1. The third-order valence-corrected chi connectivity index (χ3v) is 7.14. The molecule has 0 aliphatic heterocycles. The summed E-state index contributed by atoms with van der Waals surface area (Å²) in [5.74, 6) is -3.81. The Bertz CT molecular complexity index is 1330. The summed E-state index contributed by atoms with van der Waals surface area (Å²) in [4.78, 5) is 61.0. The molecule has 1 aromatic carbocycles. The number of nitrogens with two attached hydrogens (primary N) is 1. The fourth-order valence-electron chi connectivity index (χ4n) is 3.32. The standard InChI is InChI=1S/C20H23N6O7P/c1-26(9-12-8-22-17-16(23-12)18(29)25-20(21)24-17)13-3-5-14(6-4-13)34(32,33)10-11(19(30)31)2-7-15(27)28/h3-6,8,11H,2,7,9-10H2,1H3,(H,27,28)(H,30,31)(H,32,33)(H3,21,22,24,25,29). The van der Waals surface area contributed by atoms with Crippen LogP contribution in [0.1, 0.15) is 18.5 Å². The first-order valence-electron chi connectivity index (χ1n) is 10.1. The number of nitrogens with zero attached hydrogens (tertiary/aromatic N) is 4. The average Bonchev–Trinajstić information content (AvgIpc) is 2.76. The summed E-state index contributed by atoms with van der Waals surface area (Å²) in [5.41, 5.74) is 6.30. The lowest BCUT2D eigenvalue weighted by Gasteiger charge is -2.21. The summed E-state index contributed by atoms with van der Waals surface area (Å²) in [5, 5.41) is 18.1. The number of aromatic nitrogens is 4. The van der Waals surface area contributed by atoms with E-state index in [2.05, 4.69) is 19.9 Å². The second-order valence-electron chi connectivity index (χ2n) is 7.71. The molecule has 0 aliphatic rings. The van der Waals surface area contributed by atoms with Crippen LogP contribution in [0.4, 0.5) is 11.6 Å². The van der Waals surface area contributed by atoms with Gasteiger partial charge in [-0.15, -0.1) is 0 Å². The Kier molecular flexibility index (Phi) is 7.28. The Morgan fingerprint density at radius 2 is 1.88 bits per heavy atom. The van der Waals surface area contributed by atoms with Gasteiger partial charge in [0.05, 0.1) is 24.4 Å². The van der Waals surface area contributed by atoms with Crippen molar-refractivity contribution in [2.45, 2.75) is 19.4 Å². The number of benzene rings is 1. The van der Waals surface area contributed by atoms with Gasteiger partial charge in [-0.2, -0.15) is 4.98 Å². The van der Waals surface area contributed by atoms with E-state index in [0.29, 0.717) is 11.4 Å². The molecule has 2 unspecified atom stereocenters. The molecule has 0 radical (unpaired) electrons. The van der Waals surface area contributed by atoms with Crippen LogP contribution in [-0.2, 0) is 20.7 Å². The molecule has 6 N–H and O–H groups in total. The zero-order chi connectivity index (χ0) is 25.0. The topological polar surface area (TPSA) is 213 Å². The van der Waals surface area contributed by atoms with Crippen molar-refractivity contribution >= 4 is 47.4 Å². The van der Waals surface area contributed by atoms with Gasteiger partial charge in [0.25, 0.3) is 5.56 Å². The molecule has 2 heterocycles. The van der Waals surface area contributed by atoms with E-state index in [1.165, 1.54) is 18.3 Å². The molecule has 0 aliphatic carbocycles. The van der Waals surface area contributed by atoms with Crippen molar-refractivity contribution in [1.29, 1.82) is 0 Å². The van der Waals surface area contributed by atoms with Gasteiger partial charge < -0.3 is 25.7 Å². The highest BCUT2D eigenvalue weighted by Crippen LogP contribution is 2.42. The van der Waals surface area contributed by atoms with Gasteiger partial charge in [0, 0.05) is 30.6 Å². The van der Waals surface area contributed by atoms with Crippen molar-refractivity contribution in [1.82, 2.24) is 19.9 Å². The molecular formula is C20H23N6O7P. The molecule has 3 rings (SSSR count). The van der Waals surface area contributed by atoms with Crippen molar-refractivity contribution in [3.63, 3.8) is 0 Å². The molecule has 0 saturated carbocycles. The third-order valence-electron chi connectivity index (χ3n) is 5.10. The minimum atomic E-state index is -4.04. The minimum Gasteiger partial charge on any atom is -0.481 e. The Hall–Kier alpha value is -3.83. The summed E-state index contributed by atoms with van der Waals surface area (Å²) in [6.45, 7) is 0.263. The van der Waals surface area contributed by atoms with Crippen molar-refractivity contribution in [2.24, 2.45) is 5.92 Å². The molecule has 14 heteroatoms. The number of hydrogen-bond acceptors (Lipinski definition) is 9. The molecule has 0 amide bonds. The van der Waals surface area contributed by atoms with Crippen molar-refractivity contribution in [3.05, 3.63) is 46.5 Å². The second kappa shape index (κ2) is 9.98. The number of hydrogen-bond donors (Lipinski definition) is 5. The van der Waals surface area contributed by atoms with Crippen molar-refractivity contribution in [3.8, 4) is 0 Å². The number of carboxylic acids is 2. The molecule has 0 spiro atoms. The smallest absolute Gasteiger partial charge is 0.307 e. The van der Waals surface area contributed by atoms with Crippen molar-refractivity contribution in [2.75, 3.05) is 23.8 Å². The van der Waals surface area contributed by atoms with Gasteiger partial charge in [-0.1, -0.05) is 0 Å². The predicted octanol–water partition coefficient (Wildman–Crippen LogP) is 0.393. The maximum atomic E-state index is 12.8. The molecular weight excluding hydrogens is 467 g/mol. The number of fused-ring (bicyclic) bond motifs is 1. The van der Waals surface area contributed by atoms with Crippen LogP contribution in [0.2, 0.25) is 0 Å². The molecule has 0 saturated heterocycles. The number of nitrogens with one attached hydrogen (secondary N) is 1. The second-order valence-corrected chi connectivity index (χ2v) is 9.99. The Balaban J connectivity index is 1.73. The summed E-state index contributed by atoms with van der Waals surface area (Å²) >= 11 is 0. The van der Waals surface area contributed by atoms with Gasteiger partial charge in [0.1, 0.15) is 0 Å². The maximum Gasteiger partial charge on any atom is 0.307 e. The SMILES string of the molecule is CN(Cc1cnc2nc(N)[nH]c(=O)c2n1)c1ccc(P(=O)(O)CC(CCC(=O)O)C(=O)O)cc1. The van der Waals surface area contributed by atoms with Crippen LogP contribution >= 0.6 is 7.37 Å². The first-order chi connectivity index (χ1) is 16.0. The monoisotopic (exact) mass is 490 g/mol. The van der Waals surface area contributed by atoms with Gasteiger partial charge in [-0.25, -0.2) is 9.97 Å². The average molecular weight is 490 g/mol. The number of aromatic amines is 1. The number of rotatable bonds is 10. The molecule has 13 nitrogen and oxygen atoms in total. The van der Waals surface area contributed by atoms with E-state index in [-0.39, 0.29) is 35.4 Å². The van der Waals surface area contributed by atoms with E-state index in [0.717, 1.165) is 0 Å². The fourth-order valence-corrected chi connectivity index (χ4v) is 5.08. The number of aliphatic carboxylic acids is 2. The molecule has 2 atom stereocenters. The molecule has 0 fully saturated rings. The van der Waals surface area contributed by atoms with Gasteiger partial charge in [0.15, 0.2) is 11.2 Å². The van der Waals surface area contributed by atoms with Crippen LogP contribution in [-0.4, -0.2) is 60.2 Å². The highest BCUT2D eigenvalue weighted by Gasteiger charge is 2.31. The Morgan fingerprint density at radius 1 is 1.21 bits per heavy atom. The fraction of sp³-hybridized carbons (Fsp3) is 0.300. The highest BCUT2D eigenvalue weighted by atomic mass is 31.2. The minimum absolute atomic E-state index is 0.0487. The zero-order valence-electron chi connectivity index (χ0n) is 18.1. The number of carbonyl (C=O) groups is 2. The third kappa shape index (κ3) is 5.94. The van der Waals surface area contributed by atoms with Crippen LogP contribution < -0.4 is 21.5 Å². The Morgan fingerprint density at radius 3 is 2.50 bits per heavy atom. The van der Waals surface area contributed by atoms with Gasteiger partial charge >= 0.3 is 11.9 Å². The largest absolute Gasteiger partial charge is 0.481 e. The quantitative estimate of drug-likeness (QED) is 0.244. The van der Waals surface area contributed by atoms with Gasteiger partial charge in [-0.3, -0.25) is 23.9 Å². The van der Waals surface area contributed by atoms with E-state index >= 15 is 0 Å². The molecule has 3 aromatic rings. The van der Waals surface area contributed by atoms with Crippen LogP contribution in [0.3, 0.4) is 0 Å². The predicted molar refractivity (Wildman–Crippen MR) is 123 cm³/mol. The molecule has 34 heavy (non-hydrogen) atoms. The van der Waals surface area contributed by atoms with E-state index < -0.39 is 43.4 Å². The lowest BCUT2D eigenvalue weighted by atomic mass is 10.1. The van der Waals surface area contributed by atoms with Crippen molar-refractivity contribution < 1.29 is 29.3 Å². The summed E-state index contributed by atoms with van der Waals surface area (Å²) in [6.07, 6.45) is 0.246. The maximum absolute atomic E-state index is 12.8. The number of anilines is 2. The summed E-state index contributed by atoms with van der Waals surface area (Å²) < 4.78 is 12.8. The molecule has 2 aromatic heterocycles.